The standard InChI is InChI=1S/C26H38N6O/c1-6-10-23(24-28-29-30-32(24)26(4,5)7-2)31(21-11-8-9-12-21)17-20-16-19-15-18(3)13-14-22(19)27-25(20)33/h13-16,21,23H,6-12,17H2,1-5H3,(H,27,33)/t23-/m1/s1. The maximum atomic E-state index is 13.1. The van der Waals surface area contributed by atoms with Gasteiger partial charge in [0.05, 0.1) is 11.6 Å². The second kappa shape index (κ2) is 9.75. The zero-order chi connectivity index (χ0) is 23.6. The van der Waals surface area contributed by atoms with Crippen molar-refractivity contribution in [2.45, 2.75) is 104 Å². The Kier molecular flexibility index (Phi) is 6.98. The van der Waals surface area contributed by atoms with Crippen LogP contribution in [0.4, 0.5) is 0 Å². The lowest BCUT2D eigenvalue weighted by atomic mass is 9.99. The average Bonchev–Trinajstić information content (AvgIpc) is 3.49. The van der Waals surface area contributed by atoms with Crippen molar-refractivity contribution < 1.29 is 0 Å². The van der Waals surface area contributed by atoms with E-state index in [0.717, 1.165) is 54.4 Å². The Morgan fingerprint density at radius 2 is 1.97 bits per heavy atom. The lowest BCUT2D eigenvalue weighted by Gasteiger charge is -2.37. The summed E-state index contributed by atoms with van der Waals surface area (Å²) in [5.74, 6) is 0.920. The Balaban J connectivity index is 1.77. The number of pyridine rings is 1. The summed E-state index contributed by atoms with van der Waals surface area (Å²) in [7, 11) is 0. The van der Waals surface area contributed by atoms with E-state index >= 15 is 0 Å². The van der Waals surface area contributed by atoms with Crippen LogP contribution in [-0.4, -0.2) is 36.1 Å². The Morgan fingerprint density at radius 3 is 2.67 bits per heavy atom. The van der Waals surface area contributed by atoms with Gasteiger partial charge in [0.1, 0.15) is 0 Å². The third kappa shape index (κ3) is 4.88. The fourth-order valence-electron chi connectivity index (χ4n) is 5.11. The molecule has 0 amide bonds. The van der Waals surface area contributed by atoms with Crippen LogP contribution in [0.5, 0.6) is 0 Å². The third-order valence-corrected chi connectivity index (χ3v) is 7.42. The smallest absolute Gasteiger partial charge is 0.252 e. The molecular formula is C26H38N6O. The lowest BCUT2D eigenvalue weighted by Crippen LogP contribution is -2.41. The Hall–Kier alpha value is -2.54. The molecule has 178 valence electrons. The highest BCUT2D eigenvalue weighted by Gasteiger charge is 2.35. The average molecular weight is 451 g/mol. The molecule has 0 unspecified atom stereocenters. The van der Waals surface area contributed by atoms with Crippen LogP contribution < -0.4 is 5.56 Å². The molecule has 4 rings (SSSR count). The molecule has 0 aliphatic heterocycles. The molecule has 1 N–H and O–H groups in total. The van der Waals surface area contributed by atoms with E-state index in [1.165, 1.54) is 18.4 Å². The molecule has 7 heteroatoms. The van der Waals surface area contributed by atoms with E-state index in [0.29, 0.717) is 12.6 Å². The number of rotatable bonds is 9. The molecule has 0 saturated heterocycles. The van der Waals surface area contributed by atoms with Crippen LogP contribution in [0.25, 0.3) is 10.9 Å². The molecule has 33 heavy (non-hydrogen) atoms. The van der Waals surface area contributed by atoms with E-state index in [1.807, 2.05) is 16.8 Å². The summed E-state index contributed by atoms with van der Waals surface area (Å²) in [4.78, 5) is 18.7. The van der Waals surface area contributed by atoms with E-state index in [9.17, 15) is 4.79 Å². The first-order chi connectivity index (χ1) is 15.8. The highest BCUT2D eigenvalue weighted by Crippen LogP contribution is 2.36. The van der Waals surface area contributed by atoms with Crippen molar-refractivity contribution in [3.05, 3.63) is 51.6 Å². The number of hydrogen-bond donors (Lipinski definition) is 1. The van der Waals surface area contributed by atoms with E-state index in [1.54, 1.807) is 0 Å². The number of aryl methyl sites for hydroxylation is 1. The zero-order valence-corrected chi connectivity index (χ0v) is 20.8. The van der Waals surface area contributed by atoms with Crippen LogP contribution in [0.15, 0.2) is 29.1 Å². The van der Waals surface area contributed by atoms with Gasteiger partial charge in [0.15, 0.2) is 5.82 Å². The van der Waals surface area contributed by atoms with Gasteiger partial charge in [-0.1, -0.05) is 44.7 Å². The summed E-state index contributed by atoms with van der Waals surface area (Å²) in [6.45, 7) is 11.4. The summed E-state index contributed by atoms with van der Waals surface area (Å²) >= 11 is 0. The minimum atomic E-state index is -0.163. The van der Waals surface area contributed by atoms with Gasteiger partial charge < -0.3 is 4.98 Å². The highest BCUT2D eigenvalue weighted by atomic mass is 16.1. The predicted molar refractivity (Wildman–Crippen MR) is 132 cm³/mol. The number of aromatic amines is 1. The van der Waals surface area contributed by atoms with Crippen LogP contribution in [0.1, 0.15) is 95.6 Å². The summed E-state index contributed by atoms with van der Waals surface area (Å²) < 4.78 is 2.02. The van der Waals surface area contributed by atoms with Gasteiger partial charge in [-0.3, -0.25) is 9.69 Å². The predicted octanol–water partition coefficient (Wildman–Crippen LogP) is 5.25. The van der Waals surface area contributed by atoms with Gasteiger partial charge in [-0.25, -0.2) is 4.68 Å². The molecule has 2 heterocycles. The minimum absolute atomic E-state index is 0.00178. The summed E-state index contributed by atoms with van der Waals surface area (Å²) in [6, 6.07) is 8.75. The molecule has 0 bridgehead atoms. The van der Waals surface area contributed by atoms with Gasteiger partial charge >= 0.3 is 0 Å². The van der Waals surface area contributed by atoms with Gasteiger partial charge in [-0.2, -0.15) is 0 Å². The first-order valence-corrected chi connectivity index (χ1v) is 12.5. The van der Waals surface area contributed by atoms with E-state index in [-0.39, 0.29) is 17.1 Å². The quantitative estimate of drug-likeness (QED) is 0.481. The zero-order valence-electron chi connectivity index (χ0n) is 20.8. The van der Waals surface area contributed by atoms with Crippen LogP contribution >= 0.6 is 0 Å². The number of nitrogens with one attached hydrogen (secondary N) is 1. The SMILES string of the molecule is CCC[C@H](c1nnnn1C(C)(C)CC)N(Cc1cc2cc(C)ccc2[nH]c1=O)C1CCCC1. The van der Waals surface area contributed by atoms with Crippen LogP contribution in [0.3, 0.4) is 0 Å². The van der Waals surface area contributed by atoms with Crippen LogP contribution in [0, 0.1) is 6.92 Å². The summed E-state index contributed by atoms with van der Waals surface area (Å²) in [5.41, 5.74) is 2.73. The number of aromatic nitrogens is 5. The number of nitrogens with zero attached hydrogens (tertiary/aromatic N) is 5. The molecule has 0 spiro atoms. The van der Waals surface area contributed by atoms with Gasteiger partial charge in [0, 0.05) is 23.7 Å². The fraction of sp³-hybridized carbons (Fsp3) is 0.615. The van der Waals surface area contributed by atoms with Crippen LogP contribution in [-0.2, 0) is 12.1 Å². The first kappa shape index (κ1) is 23.6. The van der Waals surface area contributed by atoms with Crippen molar-refractivity contribution in [1.82, 2.24) is 30.1 Å². The molecule has 7 nitrogen and oxygen atoms in total. The molecule has 1 aliphatic rings. The summed E-state index contributed by atoms with van der Waals surface area (Å²) in [6.07, 6.45) is 7.71. The van der Waals surface area contributed by atoms with E-state index in [4.69, 9.17) is 0 Å². The molecule has 3 aromatic rings. The monoisotopic (exact) mass is 450 g/mol. The normalized spacial score (nSPS) is 16.2. The summed E-state index contributed by atoms with van der Waals surface area (Å²) in [5, 5.41) is 14.1. The molecule has 1 aliphatic carbocycles. The Morgan fingerprint density at radius 1 is 1.21 bits per heavy atom. The van der Waals surface area contributed by atoms with Crippen molar-refractivity contribution in [3.63, 3.8) is 0 Å². The van der Waals surface area contributed by atoms with Crippen molar-refractivity contribution in [2.24, 2.45) is 0 Å². The van der Waals surface area contributed by atoms with Crippen LogP contribution in [0.2, 0.25) is 0 Å². The molecule has 1 saturated carbocycles. The van der Waals surface area contributed by atoms with Crippen molar-refractivity contribution >= 4 is 10.9 Å². The van der Waals surface area contributed by atoms with E-state index in [2.05, 4.69) is 72.2 Å². The minimum Gasteiger partial charge on any atom is -0.322 e. The molecule has 0 radical (unpaired) electrons. The number of tetrazole rings is 1. The molecule has 1 fully saturated rings. The number of fused-ring (bicyclic) bond motifs is 1. The maximum Gasteiger partial charge on any atom is 0.252 e. The van der Waals surface area contributed by atoms with Gasteiger partial charge in [0.2, 0.25) is 0 Å². The fourth-order valence-corrected chi connectivity index (χ4v) is 5.11. The largest absolute Gasteiger partial charge is 0.322 e. The van der Waals surface area contributed by atoms with Gasteiger partial charge in [0.25, 0.3) is 5.56 Å². The second-order valence-corrected chi connectivity index (χ2v) is 10.2. The lowest BCUT2D eigenvalue weighted by molar-refractivity contribution is 0.102. The van der Waals surface area contributed by atoms with Gasteiger partial charge in [-0.05, 0) is 80.5 Å². The third-order valence-electron chi connectivity index (χ3n) is 7.42. The number of benzene rings is 1. The molecule has 1 atom stereocenters. The number of H-pyrrole nitrogens is 1. The maximum absolute atomic E-state index is 13.1. The highest BCUT2D eigenvalue weighted by molar-refractivity contribution is 5.79. The Labute approximate surface area is 196 Å². The van der Waals surface area contributed by atoms with Crippen molar-refractivity contribution in [1.29, 1.82) is 0 Å². The number of hydrogen-bond acceptors (Lipinski definition) is 5. The topological polar surface area (TPSA) is 79.7 Å². The Bertz CT molecular complexity index is 1140. The molecule has 1 aromatic carbocycles. The van der Waals surface area contributed by atoms with Crippen molar-refractivity contribution in [3.8, 4) is 0 Å². The molecule has 2 aromatic heterocycles. The first-order valence-electron chi connectivity index (χ1n) is 12.5. The van der Waals surface area contributed by atoms with Gasteiger partial charge in [-0.15, -0.1) is 5.10 Å². The second-order valence-electron chi connectivity index (χ2n) is 10.2. The van der Waals surface area contributed by atoms with E-state index < -0.39 is 0 Å². The molecular weight excluding hydrogens is 412 g/mol. The van der Waals surface area contributed by atoms with Crippen molar-refractivity contribution in [2.75, 3.05) is 0 Å².